The van der Waals surface area contributed by atoms with Crippen LogP contribution in [0.25, 0.3) is 5.69 Å². The van der Waals surface area contributed by atoms with Gasteiger partial charge in [0.05, 0.1) is 5.69 Å². The molecular formula is C17H14ClFN2O. The maximum atomic E-state index is 13.0. The van der Waals surface area contributed by atoms with Crippen LogP contribution < -0.4 is 5.56 Å². The molecule has 5 heteroatoms. The third kappa shape index (κ3) is 2.83. The van der Waals surface area contributed by atoms with Crippen molar-refractivity contribution in [2.75, 3.05) is 0 Å². The number of nitrogens with one attached hydrogen (secondary N) is 1. The van der Waals surface area contributed by atoms with Crippen molar-refractivity contribution in [2.45, 2.75) is 13.3 Å². The zero-order valence-electron chi connectivity index (χ0n) is 11.9. The molecule has 22 heavy (non-hydrogen) atoms. The first-order chi connectivity index (χ1) is 10.5. The van der Waals surface area contributed by atoms with Crippen molar-refractivity contribution < 1.29 is 4.39 Å². The lowest BCUT2D eigenvalue weighted by molar-refractivity contribution is 0.627. The lowest BCUT2D eigenvalue weighted by Gasteiger charge is -2.01. The molecule has 0 aliphatic carbocycles. The summed E-state index contributed by atoms with van der Waals surface area (Å²) in [6.07, 6.45) is 0.520. The number of aromatic amines is 1. The van der Waals surface area contributed by atoms with Crippen LogP contribution in [0.4, 0.5) is 4.39 Å². The Labute approximate surface area is 132 Å². The Kier molecular flexibility index (Phi) is 3.86. The van der Waals surface area contributed by atoms with E-state index in [2.05, 4.69) is 5.10 Å². The molecule has 3 nitrogen and oxygen atoms in total. The van der Waals surface area contributed by atoms with Crippen molar-refractivity contribution in [3.63, 3.8) is 0 Å². The van der Waals surface area contributed by atoms with Gasteiger partial charge < -0.3 is 0 Å². The molecule has 0 atom stereocenters. The number of H-pyrrole nitrogens is 1. The Bertz CT molecular complexity index is 848. The number of rotatable bonds is 3. The molecule has 0 spiro atoms. The molecule has 2 aromatic carbocycles. The molecule has 0 saturated carbocycles. The second kappa shape index (κ2) is 5.81. The minimum atomic E-state index is -0.332. The summed E-state index contributed by atoms with van der Waals surface area (Å²) in [6, 6.07) is 13.2. The molecule has 3 aromatic rings. The van der Waals surface area contributed by atoms with Crippen molar-refractivity contribution in [1.82, 2.24) is 9.78 Å². The van der Waals surface area contributed by atoms with Crippen LogP contribution in [-0.2, 0) is 6.42 Å². The molecule has 1 aromatic heterocycles. The Morgan fingerprint density at radius 1 is 1.09 bits per heavy atom. The second-order valence-electron chi connectivity index (χ2n) is 5.14. The molecule has 0 bridgehead atoms. The number of aryl methyl sites for hydroxylation is 1. The van der Waals surface area contributed by atoms with E-state index in [-0.39, 0.29) is 11.4 Å². The lowest BCUT2D eigenvalue weighted by Crippen LogP contribution is -2.17. The quantitative estimate of drug-likeness (QED) is 0.783. The third-order valence-electron chi connectivity index (χ3n) is 3.57. The Balaban J connectivity index is 1.98. The molecule has 112 valence electrons. The number of hydrogen-bond acceptors (Lipinski definition) is 1. The largest absolute Gasteiger partial charge is 0.295 e. The monoisotopic (exact) mass is 316 g/mol. The topological polar surface area (TPSA) is 37.8 Å². The van der Waals surface area contributed by atoms with E-state index in [1.807, 2.05) is 19.1 Å². The first-order valence-electron chi connectivity index (χ1n) is 6.85. The van der Waals surface area contributed by atoms with E-state index >= 15 is 0 Å². The predicted octanol–water partition coefficient (Wildman–Crippen LogP) is 3.86. The van der Waals surface area contributed by atoms with E-state index in [4.69, 9.17) is 11.6 Å². The van der Waals surface area contributed by atoms with E-state index < -0.39 is 0 Å². The lowest BCUT2D eigenvalue weighted by atomic mass is 10.1. The first kappa shape index (κ1) is 14.6. The predicted molar refractivity (Wildman–Crippen MR) is 85.3 cm³/mol. The van der Waals surface area contributed by atoms with Crippen molar-refractivity contribution in [3.8, 4) is 5.69 Å². The highest BCUT2D eigenvalue weighted by molar-refractivity contribution is 6.30. The van der Waals surface area contributed by atoms with Crippen molar-refractivity contribution in [2.24, 2.45) is 0 Å². The van der Waals surface area contributed by atoms with E-state index in [9.17, 15) is 9.18 Å². The molecular weight excluding hydrogens is 303 g/mol. The van der Waals surface area contributed by atoms with Crippen molar-refractivity contribution in [3.05, 3.63) is 86.5 Å². The fraction of sp³-hybridized carbons (Fsp3) is 0.118. The highest BCUT2D eigenvalue weighted by Gasteiger charge is 2.13. The van der Waals surface area contributed by atoms with Gasteiger partial charge in [0.15, 0.2) is 0 Å². The zero-order chi connectivity index (χ0) is 15.7. The standard InChI is InChI=1S/C17H14ClFN2O/c1-11-16(10-12-2-4-13(18)5-3-12)17(22)21(20-11)15-8-6-14(19)7-9-15/h2-9,20H,10H2,1H3. The molecule has 3 rings (SSSR count). The normalized spacial score (nSPS) is 10.9. The van der Waals surface area contributed by atoms with E-state index in [1.54, 1.807) is 24.3 Å². The second-order valence-corrected chi connectivity index (χ2v) is 5.57. The fourth-order valence-corrected chi connectivity index (χ4v) is 2.49. The van der Waals surface area contributed by atoms with Crippen LogP contribution in [0.15, 0.2) is 53.3 Å². The maximum Gasteiger partial charge on any atom is 0.274 e. The summed E-state index contributed by atoms with van der Waals surface area (Å²) >= 11 is 5.87. The van der Waals surface area contributed by atoms with Gasteiger partial charge >= 0.3 is 0 Å². The summed E-state index contributed by atoms with van der Waals surface area (Å²) < 4.78 is 14.4. The van der Waals surface area contributed by atoms with Gasteiger partial charge in [-0.3, -0.25) is 9.89 Å². The minimum absolute atomic E-state index is 0.126. The van der Waals surface area contributed by atoms with Crippen LogP contribution in [0, 0.1) is 12.7 Å². The van der Waals surface area contributed by atoms with Crippen molar-refractivity contribution in [1.29, 1.82) is 0 Å². The summed E-state index contributed by atoms with van der Waals surface area (Å²) in [5.41, 5.74) is 2.97. The van der Waals surface area contributed by atoms with Crippen molar-refractivity contribution >= 4 is 11.6 Å². The van der Waals surface area contributed by atoms with E-state index in [1.165, 1.54) is 16.8 Å². The maximum absolute atomic E-state index is 13.0. The van der Waals surface area contributed by atoms with Gasteiger partial charge in [-0.15, -0.1) is 0 Å². The summed E-state index contributed by atoms with van der Waals surface area (Å²) in [5, 5.41) is 3.70. The molecule has 1 N–H and O–H groups in total. The minimum Gasteiger partial charge on any atom is -0.295 e. The van der Waals surface area contributed by atoms with Gasteiger partial charge in [0.1, 0.15) is 5.82 Å². The molecule has 0 fully saturated rings. The van der Waals surface area contributed by atoms with Gasteiger partial charge in [0, 0.05) is 22.7 Å². The number of benzene rings is 2. The van der Waals surface area contributed by atoms with Gasteiger partial charge in [-0.1, -0.05) is 23.7 Å². The molecule has 0 radical (unpaired) electrons. The van der Waals surface area contributed by atoms with Gasteiger partial charge in [0.25, 0.3) is 5.56 Å². The smallest absolute Gasteiger partial charge is 0.274 e. The van der Waals surface area contributed by atoms with Crippen LogP contribution >= 0.6 is 11.6 Å². The third-order valence-corrected chi connectivity index (χ3v) is 3.82. The fourth-order valence-electron chi connectivity index (χ4n) is 2.37. The Morgan fingerprint density at radius 3 is 2.36 bits per heavy atom. The summed E-state index contributed by atoms with van der Waals surface area (Å²) in [7, 11) is 0. The van der Waals surface area contributed by atoms with Gasteiger partial charge in [0.2, 0.25) is 0 Å². The van der Waals surface area contributed by atoms with Gasteiger partial charge in [-0.25, -0.2) is 9.07 Å². The average Bonchev–Trinajstić information content (AvgIpc) is 2.78. The van der Waals surface area contributed by atoms with Crippen LogP contribution in [0.2, 0.25) is 5.02 Å². The van der Waals surface area contributed by atoms with E-state index in [0.29, 0.717) is 22.7 Å². The van der Waals surface area contributed by atoms with Crippen LogP contribution in [0.1, 0.15) is 16.8 Å². The van der Waals surface area contributed by atoms with E-state index in [0.717, 1.165) is 11.3 Å². The SMILES string of the molecule is Cc1[nH]n(-c2ccc(F)cc2)c(=O)c1Cc1ccc(Cl)cc1. The van der Waals surface area contributed by atoms with Crippen LogP contribution in [0.3, 0.4) is 0 Å². The summed E-state index contributed by atoms with van der Waals surface area (Å²) in [4.78, 5) is 12.6. The van der Waals surface area contributed by atoms with Crippen LogP contribution in [0.5, 0.6) is 0 Å². The molecule has 0 amide bonds. The molecule has 0 unspecified atom stereocenters. The number of aromatic nitrogens is 2. The Hall–Kier alpha value is -2.33. The first-order valence-corrected chi connectivity index (χ1v) is 7.23. The van der Waals surface area contributed by atoms with Gasteiger partial charge in [-0.05, 0) is 48.9 Å². The molecule has 0 saturated heterocycles. The summed E-state index contributed by atoms with van der Waals surface area (Å²) in [6.45, 7) is 1.85. The summed E-state index contributed by atoms with van der Waals surface area (Å²) in [5.74, 6) is -0.332. The molecule has 0 aliphatic heterocycles. The highest BCUT2D eigenvalue weighted by atomic mass is 35.5. The average molecular weight is 317 g/mol. The zero-order valence-corrected chi connectivity index (χ0v) is 12.7. The van der Waals surface area contributed by atoms with Crippen LogP contribution in [-0.4, -0.2) is 9.78 Å². The molecule has 1 heterocycles. The number of halogens is 2. The molecule has 0 aliphatic rings. The highest BCUT2D eigenvalue weighted by Crippen LogP contribution is 2.15. The number of nitrogens with zero attached hydrogens (tertiary/aromatic N) is 1. The van der Waals surface area contributed by atoms with Gasteiger partial charge in [-0.2, -0.15) is 0 Å². The number of hydrogen-bond donors (Lipinski definition) is 1. The Morgan fingerprint density at radius 2 is 1.73 bits per heavy atom.